The maximum absolute atomic E-state index is 13.5. The molecule has 0 amide bonds. The van der Waals surface area contributed by atoms with Crippen molar-refractivity contribution < 1.29 is 41.4 Å². The zero-order chi connectivity index (χ0) is 35.0. The Hall–Kier alpha value is -2.09. The summed E-state index contributed by atoms with van der Waals surface area (Å²) in [7, 11) is -3.60. The third-order valence-corrected chi connectivity index (χ3v) is 3.51. The Kier molecular flexibility index (Phi) is 1.82. The van der Waals surface area contributed by atoms with Crippen LogP contribution in [0.25, 0.3) is 11.0 Å². The second-order valence-corrected chi connectivity index (χ2v) is 5.20. The molecule has 1 atom stereocenters. The van der Waals surface area contributed by atoms with Crippen LogP contribution in [0.15, 0.2) is 41.5 Å². The molecule has 0 aliphatic carbocycles. The summed E-state index contributed by atoms with van der Waals surface area (Å²) >= 11 is -3.19. The topological polar surface area (TPSA) is 83.1 Å². The predicted molar refractivity (Wildman–Crippen MR) is 97.2 cm³/mol. The predicted octanol–water partition coefficient (Wildman–Crippen LogP) is 2.99. The van der Waals surface area contributed by atoms with Gasteiger partial charge in [0.2, 0.25) is 0 Å². The van der Waals surface area contributed by atoms with Crippen molar-refractivity contribution in [2.45, 2.75) is 24.1 Å². The average Bonchev–Trinajstić information content (AvgIpc) is 3.31. The van der Waals surface area contributed by atoms with Gasteiger partial charge >= 0.3 is 5.16 Å². The van der Waals surface area contributed by atoms with Crippen molar-refractivity contribution in [2.24, 2.45) is 0 Å². The molecule has 132 valence electrons. The number of ether oxygens (including phenoxy) is 2. The van der Waals surface area contributed by atoms with Crippen LogP contribution in [0.2, 0.25) is 0 Å². The van der Waals surface area contributed by atoms with Crippen LogP contribution in [0, 0.1) is 6.85 Å². The van der Waals surface area contributed by atoms with E-state index in [1.807, 2.05) is 0 Å². The number of rotatable bonds is 8. The van der Waals surface area contributed by atoms with E-state index in [0.717, 1.165) is 0 Å². The molecule has 3 aromatic rings. The number of para-hydroxylation sites is 2. The van der Waals surface area contributed by atoms with E-state index in [1.165, 1.54) is 0 Å². The highest BCUT2D eigenvalue weighted by Gasteiger charge is 2.20. The Balaban J connectivity index is 2.26. The molecule has 0 saturated heterocycles. The number of aromatic amines is 1. The fourth-order valence-electron chi connectivity index (χ4n) is 1.57. The smallest absolute Gasteiger partial charge is 0.322 e. The van der Waals surface area contributed by atoms with Crippen LogP contribution in [0.5, 0.6) is 5.75 Å². The van der Waals surface area contributed by atoms with E-state index in [0.29, 0.717) is 0 Å². The minimum absolute atomic E-state index is 0.389. The summed E-state index contributed by atoms with van der Waals surface area (Å²) in [6.07, 6.45) is -5.39. The molecule has 1 N–H and O–H groups in total. The maximum Gasteiger partial charge on any atom is 0.322 e. The number of benzene rings is 1. The van der Waals surface area contributed by atoms with Gasteiger partial charge in [-0.1, -0.05) is 12.1 Å². The van der Waals surface area contributed by atoms with Gasteiger partial charge in [-0.05, 0) is 25.0 Å². The summed E-state index contributed by atoms with van der Waals surface area (Å²) < 4.78 is 179. The lowest BCUT2D eigenvalue weighted by atomic mass is 10.2. The number of fused-ring (bicyclic) bond motifs is 1. The second-order valence-electron chi connectivity index (χ2n) is 4.07. The number of pyridine rings is 1. The van der Waals surface area contributed by atoms with Gasteiger partial charge in [0.25, 0.3) is 0 Å². The molecule has 0 saturated carbocycles. The molecule has 2 heterocycles. The molecule has 2 aromatic heterocycles. The van der Waals surface area contributed by atoms with E-state index in [-0.39, 0.29) is 5.52 Å². The molecule has 7 heteroatoms. The van der Waals surface area contributed by atoms with Gasteiger partial charge in [-0.3, -0.25) is 9.97 Å². The lowest BCUT2D eigenvalue weighted by Gasteiger charge is -2.12. The lowest BCUT2D eigenvalue weighted by molar-refractivity contribution is 0.172. The van der Waals surface area contributed by atoms with E-state index in [4.69, 9.17) is 32.2 Å². The lowest BCUT2D eigenvalue weighted by Crippen LogP contribution is -2.10. The highest BCUT2D eigenvalue weighted by molar-refractivity contribution is 7.90. The van der Waals surface area contributed by atoms with Crippen LogP contribution in [-0.2, 0) is 21.6 Å². The summed E-state index contributed by atoms with van der Waals surface area (Å²) in [6, 6.07) is -4.13. The van der Waals surface area contributed by atoms with Gasteiger partial charge in [0.05, 0.1) is 43.8 Å². The number of hydrogen-bond acceptors (Lipinski definition) is 5. The van der Waals surface area contributed by atoms with Crippen molar-refractivity contribution in [3.8, 4) is 5.75 Å². The quantitative estimate of drug-likeness (QED) is 0.608. The van der Waals surface area contributed by atoms with Crippen molar-refractivity contribution in [3.05, 3.63) is 47.6 Å². The number of nitrogens with one attached hydrogen (secondary N) is 1. The summed E-state index contributed by atoms with van der Waals surface area (Å²) in [5, 5.41) is -0.842. The van der Waals surface area contributed by atoms with Crippen LogP contribution in [0.4, 0.5) is 0 Å². The molecular weight excluding hydrogens is 338 g/mol. The van der Waals surface area contributed by atoms with Crippen molar-refractivity contribution in [3.63, 3.8) is 0 Å². The first-order valence-corrected chi connectivity index (χ1v) is 7.44. The van der Waals surface area contributed by atoms with E-state index in [9.17, 15) is 4.55 Å². The standard InChI is InChI=1S/C18H21N3O3S/c1-13-16(19-9-8-17(13)24-11-5-10-23-2)12-25(22)18-20-14-6-3-4-7-15(14)21-18/h3-4,6-9H,5,10-12H2,1-2H3,(H,20,21)/i1D3,2D3,3D,4D,5D2,6D,7D,8D,9D,10D2,11D2,12D2. The number of imidazole rings is 1. The molecule has 0 aliphatic rings. The molecule has 0 bridgehead atoms. The summed E-state index contributed by atoms with van der Waals surface area (Å²) in [5.41, 5.74) is -7.27. The van der Waals surface area contributed by atoms with Crippen molar-refractivity contribution in [1.29, 1.82) is 0 Å². The zero-order valence-electron chi connectivity index (χ0n) is 32.0. The van der Waals surface area contributed by atoms with Gasteiger partial charge in [0.15, 0.2) is 5.70 Å². The van der Waals surface area contributed by atoms with Crippen molar-refractivity contribution >= 4 is 22.2 Å². The molecule has 1 unspecified atom stereocenters. The Morgan fingerprint density at radius 1 is 1.36 bits per heavy atom. The average molecular weight is 380 g/mol. The molecule has 25 heavy (non-hydrogen) atoms. The third-order valence-electron chi connectivity index (χ3n) is 2.59. The minimum atomic E-state index is -4.09. The number of methoxy groups -OCH3 is 1. The summed E-state index contributed by atoms with van der Waals surface area (Å²) in [6.45, 7) is -11.7. The molecule has 6 nitrogen and oxygen atoms in total. The largest absolute Gasteiger partial charge is 0.609 e. The van der Waals surface area contributed by atoms with Gasteiger partial charge in [0.1, 0.15) is 5.75 Å². The van der Waals surface area contributed by atoms with E-state index >= 15 is 0 Å². The van der Waals surface area contributed by atoms with Gasteiger partial charge in [-0.15, -0.1) is 0 Å². The van der Waals surface area contributed by atoms with Gasteiger partial charge in [-0.2, -0.15) is 4.98 Å². The first kappa shape index (κ1) is 5.45. The van der Waals surface area contributed by atoms with Crippen LogP contribution in [-0.4, -0.2) is 39.7 Å². The summed E-state index contributed by atoms with van der Waals surface area (Å²) in [4.78, 5) is 9.48. The number of aromatic nitrogens is 3. The van der Waals surface area contributed by atoms with E-state index in [1.54, 1.807) is 0 Å². The van der Waals surface area contributed by atoms with E-state index in [2.05, 4.69) is 19.7 Å². The first-order valence-electron chi connectivity index (χ1n) is 16.3. The minimum Gasteiger partial charge on any atom is -0.609 e. The summed E-state index contributed by atoms with van der Waals surface area (Å²) in [5.74, 6) is -1.55. The van der Waals surface area contributed by atoms with Gasteiger partial charge < -0.3 is 14.0 Å². The van der Waals surface area contributed by atoms with Crippen LogP contribution < -0.4 is 4.74 Å². The fourth-order valence-corrected chi connectivity index (χ4v) is 2.36. The molecule has 0 fully saturated rings. The Bertz CT molecular complexity index is 1590. The van der Waals surface area contributed by atoms with Gasteiger partial charge in [0, 0.05) is 49.7 Å². The molecule has 0 aliphatic heterocycles. The molecular formula is C18H21N3O3S. The monoisotopic (exact) mass is 379 g/mol. The third kappa shape index (κ3) is 4.31. The maximum atomic E-state index is 13.5. The van der Waals surface area contributed by atoms with Crippen molar-refractivity contribution in [2.75, 3.05) is 20.2 Å². The highest BCUT2D eigenvalue weighted by atomic mass is 32.2. The van der Waals surface area contributed by atoms with Crippen LogP contribution in [0.3, 0.4) is 0 Å². The molecule has 0 radical (unpaired) electrons. The number of H-pyrrole nitrogens is 1. The fraction of sp³-hybridized carbons (Fsp3) is 0.333. The Morgan fingerprint density at radius 2 is 2.28 bits per heavy atom. The Morgan fingerprint density at radius 3 is 3.16 bits per heavy atom. The number of nitrogens with zero attached hydrogens (tertiary/aromatic N) is 2. The first-order chi connectivity index (χ1) is 20.0. The van der Waals surface area contributed by atoms with Crippen LogP contribution >= 0.6 is 0 Å². The van der Waals surface area contributed by atoms with Crippen molar-refractivity contribution in [1.82, 2.24) is 15.0 Å². The second kappa shape index (κ2) is 8.33. The normalized spacial score (nSPS) is 27.4. The zero-order valence-corrected chi connectivity index (χ0v) is 12.8. The highest BCUT2D eigenvalue weighted by Crippen LogP contribution is 2.24. The van der Waals surface area contributed by atoms with E-state index < -0.39 is 114 Å². The SMILES string of the molecule is [2H]c1nc(C([2H])([2H])[S+]([O-])c2nc3c([2H])c([2H])c([2H])c([2H])c3[nH]2)c(C([2H])([2H])[2H])c(OC([2H])([2H])C([2H])([2H])C([2H])([2H])OC([2H])([2H])[2H])c1[2H]. The molecule has 0 spiro atoms. The number of hydrogen-bond donors (Lipinski definition) is 1. The Labute approximate surface area is 177 Å². The molecule has 1 aromatic carbocycles. The van der Waals surface area contributed by atoms with Gasteiger partial charge in [-0.25, -0.2) is 0 Å². The molecule has 3 rings (SSSR count). The van der Waals surface area contributed by atoms with Crippen LogP contribution in [0.1, 0.15) is 45.0 Å².